The Labute approximate surface area is 162 Å². The zero-order chi connectivity index (χ0) is 20.4. The van der Waals surface area contributed by atoms with Crippen LogP contribution in [0.2, 0.25) is 0 Å². The minimum absolute atomic E-state index is 0.00141. The molecule has 3 rings (SSSR count). The highest BCUT2D eigenvalue weighted by Crippen LogP contribution is 2.52. The van der Waals surface area contributed by atoms with Crippen molar-refractivity contribution >= 4 is 5.97 Å². The van der Waals surface area contributed by atoms with Gasteiger partial charge in [0, 0.05) is 23.0 Å². The molecule has 0 aromatic carbocycles. The summed E-state index contributed by atoms with van der Waals surface area (Å²) in [4.78, 5) is 38.1. The highest BCUT2D eigenvalue weighted by molar-refractivity contribution is 5.86. The Morgan fingerprint density at radius 1 is 1.21 bits per heavy atom. The molecule has 2 atom stereocenters. The Kier molecular flexibility index (Phi) is 5.68. The quantitative estimate of drug-likeness (QED) is 0.334. The molecule has 0 bridgehead atoms. The first-order chi connectivity index (χ1) is 13.4. The van der Waals surface area contributed by atoms with E-state index >= 15 is 0 Å². The Balaban J connectivity index is 2.19. The number of nitrogens with one attached hydrogen (secondary N) is 2. The molecule has 0 saturated heterocycles. The van der Waals surface area contributed by atoms with Crippen molar-refractivity contribution < 1.29 is 19.3 Å². The molecule has 1 aromatic rings. The van der Waals surface area contributed by atoms with Crippen LogP contribution in [-0.4, -0.2) is 30.8 Å². The number of nitrogens with zero attached hydrogens (tertiary/aromatic N) is 1. The number of ether oxygens (including phenoxy) is 1. The van der Waals surface area contributed by atoms with Gasteiger partial charge in [0.1, 0.15) is 24.2 Å². The van der Waals surface area contributed by atoms with Gasteiger partial charge in [0.05, 0.1) is 13.2 Å². The number of H-pyrrole nitrogens is 1. The number of nitriles is 1. The molecule has 2 heterocycles. The van der Waals surface area contributed by atoms with Gasteiger partial charge in [-0.2, -0.15) is 5.26 Å². The molecule has 2 N–H and O–H groups in total. The van der Waals surface area contributed by atoms with Crippen molar-refractivity contribution in [3.8, 4) is 6.07 Å². The second-order valence-electron chi connectivity index (χ2n) is 6.64. The van der Waals surface area contributed by atoms with Gasteiger partial charge in [-0.1, -0.05) is 0 Å². The number of rotatable bonds is 6. The molecule has 28 heavy (non-hydrogen) atoms. The number of fused-ring (bicyclic) bond motifs is 3. The fraction of sp³-hybridized carbons (Fsp3) is 0.450. The number of hydrogen-bond acceptors (Lipinski definition) is 7. The second kappa shape index (κ2) is 8.00. The van der Waals surface area contributed by atoms with Crippen molar-refractivity contribution in [3.63, 3.8) is 0 Å². The van der Waals surface area contributed by atoms with E-state index in [1.165, 1.54) is 0 Å². The predicted octanol–water partition coefficient (Wildman–Crippen LogP) is 2.11. The lowest BCUT2D eigenvalue weighted by molar-refractivity contribution is -0.285. The van der Waals surface area contributed by atoms with Crippen LogP contribution in [-0.2, 0) is 19.3 Å². The second-order valence-corrected chi connectivity index (χ2v) is 6.64. The molecule has 148 valence electrons. The third kappa shape index (κ3) is 3.23. The molecule has 0 fully saturated rings. The Bertz CT molecular complexity index is 967. The van der Waals surface area contributed by atoms with Crippen LogP contribution >= 0.6 is 0 Å². The first kappa shape index (κ1) is 19.9. The van der Waals surface area contributed by atoms with Crippen molar-refractivity contribution in [2.24, 2.45) is 0 Å². The first-order valence-corrected chi connectivity index (χ1v) is 9.20. The number of dihydropyridines is 1. The van der Waals surface area contributed by atoms with Gasteiger partial charge in [-0.25, -0.2) is 9.78 Å². The van der Waals surface area contributed by atoms with Crippen LogP contribution in [0.1, 0.15) is 56.4 Å². The third-order valence-corrected chi connectivity index (χ3v) is 5.02. The van der Waals surface area contributed by atoms with Crippen molar-refractivity contribution in [1.82, 2.24) is 10.3 Å². The number of aromatic amines is 1. The maximum Gasteiger partial charge on any atom is 0.319 e. The van der Waals surface area contributed by atoms with Crippen LogP contribution in [0.15, 0.2) is 33.4 Å². The van der Waals surface area contributed by atoms with Crippen LogP contribution in [0.3, 0.4) is 0 Å². The van der Waals surface area contributed by atoms with Gasteiger partial charge in [0.2, 0.25) is 0 Å². The van der Waals surface area contributed by atoms with E-state index in [9.17, 15) is 14.9 Å². The molecule has 8 heteroatoms. The summed E-state index contributed by atoms with van der Waals surface area (Å²) in [7, 11) is 0. The minimum Gasteiger partial charge on any atom is -0.465 e. The van der Waals surface area contributed by atoms with E-state index in [-0.39, 0.29) is 24.7 Å². The number of carbonyl (C=O) groups is 1. The average Bonchev–Trinajstić information content (AvgIpc) is 2.98. The van der Waals surface area contributed by atoms with E-state index < -0.39 is 17.4 Å². The summed E-state index contributed by atoms with van der Waals surface area (Å²) in [6.07, 6.45) is 0. The van der Waals surface area contributed by atoms with Gasteiger partial charge in [0.25, 0.3) is 5.56 Å². The smallest absolute Gasteiger partial charge is 0.319 e. The number of allylic oxidation sites excluding steroid dienone is 2. The molecule has 1 aromatic heterocycles. The molecule has 0 saturated carbocycles. The molecule has 2 unspecified atom stereocenters. The van der Waals surface area contributed by atoms with E-state index in [1.54, 1.807) is 13.0 Å². The van der Waals surface area contributed by atoms with Gasteiger partial charge < -0.3 is 15.0 Å². The summed E-state index contributed by atoms with van der Waals surface area (Å²) in [5.74, 6) is -1.49. The number of aromatic nitrogens is 1. The topological polar surface area (TPSA) is 113 Å². The standard InChI is InChI=1S/C20H23N3O5/c1-5-26-20(25)17-15-11(4)22-10(3)14(9-28-27-6-2)16(15)13-7-12(8-21)19(24)23-18(13)17/h7,16-17,22H,5-6,9H2,1-4H3,(H,23,24). The fourth-order valence-corrected chi connectivity index (χ4v) is 3.92. The molecule has 0 amide bonds. The van der Waals surface area contributed by atoms with E-state index in [0.29, 0.717) is 17.9 Å². The van der Waals surface area contributed by atoms with Gasteiger partial charge >= 0.3 is 5.97 Å². The Morgan fingerprint density at radius 2 is 1.96 bits per heavy atom. The van der Waals surface area contributed by atoms with Crippen LogP contribution in [0.4, 0.5) is 0 Å². The van der Waals surface area contributed by atoms with Crippen molar-refractivity contribution in [2.45, 2.75) is 39.5 Å². The number of hydrogen-bond donors (Lipinski definition) is 2. The maximum atomic E-state index is 12.8. The van der Waals surface area contributed by atoms with Crippen molar-refractivity contribution in [1.29, 1.82) is 5.26 Å². The van der Waals surface area contributed by atoms with Gasteiger partial charge in [0.15, 0.2) is 0 Å². The van der Waals surface area contributed by atoms with E-state index in [2.05, 4.69) is 10.3 Å². The largest absolute Gasteiger partial charge is 0.465 e. The SMILES string of the molecule is CCOOCC1=C(C)NC(C)=C2C1c1cc(C#N)c(=O)[nH]c1C2C(=O)OCC. The lowest BCUT2D eigenvalue weighted by atomic mass is 9.83. The van der Waals surface area contributed by atoms with Crippen LogP contribution in [0.5, 0.6) is 0 Å². The highest BCUT2D eigenvalue weighted by Gasteiger charge is 2.46. The monoisotopic (exact) mass is 385 g/mol. The third-order valence-electron chi connectivity index (χ3n) is 5.02. The minimum atomic E-state index is -0.747. The normalized spacial score (nSPS) is 20.4. The number of esters is 1. The predicted molar refractivity (Wildman–Crippen MR) is 100 cm³/mol. The Morgan fingerprint density at radius 3 is 2.61 bits per heavy atom. The lowest BCUT2D eigenvalue weighted by Crippen LogP contribution is -2.27. The lowest BCUT2D eigenvalue weighted by Gasteiger charge is -2.29. The summed E-state index contributed by atoms with van der Waals surface area (Å²) in [6.45, 7) is 8.17. The Hall–Kier alpha value is -2.89. The fourth-order valence-electron chi connectivity index (χ4n) is 3.92. The van der Waals surface area contributed by atoms with Gasteiger partial charge in [-0.3, -0.25) is 9.59 Å². The van der Waals surface area contributed by atoms with E-state index in [4.69, 9.17) is 14.5 Å². The van der Waals surface area contributed by atoms with Crippen molar-refractivity contribution in [2.75, 3.05) is 19.8 Å². The van der Waals surface area contributed by atoms with Gasteiger partial charge in [-0.15, -0.1) is 0 Å². The summed E-state index contributed by atoms with van der Waals surface area (Å²) < 4.78 is 5.28. The summed E-state index contributed by atoms with van der Waals surface area (Å²) in [5.41, 5.74) is 4.02. The molecular formula is C20H23N3O5. The zero-order valence-corrected chi connectivity index (χ0v) is 16.3. The summed E-state index contributed by atoms with van der Waals surface area (Å²) in [5, 5.41) is 12.6. The summed E-state index contributed by atoms with van der Waals surface area (Å²) >= 11 is 0. The number of carbonyl (C=O) groups excluding carboxylic acids is 1. The summed E-state index contributed by atoms with van der Waals surface area (Å²) in [6, 6.07) is 3.48. The van der Waals surface area contributed by atoms with E-state index in [0.717, 1.165) is 22.5 Å². The first-order valence-electron chi connectivity index (χ1n) is 9.20. The van der Waals surface area contributed by atoms with Crippen LogP contribution in [0.25, 0.3) is 0 Å². The molecule has 1 aliphatic carbocycles. The van der Waals surface area contributed by atoms with Gasteiger partial charge in [-0.05, 0) is 50.5 Å². The molecule has 1 aliphatic heterocycles. The highest BCUT2D eigenvalue weighted by atomic mass is 17.2. The molecule has 0 radical (unpaired) electrons. The zero-order valence-electron chi connectivity index (χ0n) is 16.3. The number of pyridine rings is 1. The van der Waals surface area contributed by atoms with Crippen molar-refractivity contribution in [3.05, 3.63) is 55.8 Å². The molecule has 8 nitrogen and oxygen atoms in total. The molecular weight excluding hydrogens is 362 g/mol. The molecule has 0 spiro atoms. The maximum absolute atomic E-state index is 12.8. The molecule has 2 aliphatic rings. The average molecular weight is 385 g/mol. The van der Waals surface area contributed by atoms with Crippen LogP contribution in [0, 0.1) is 11.3 Å². The van der Waals surface area contributed by atoms with Crippen LogP contribution < -0.4 is 10.9 Å². The van der Waals surface area contributed by atoms with E-state index in [1.807, 2.05) is 26.8 Å².